The van der Waals surface area contributed by atoms with Gasteiger partial charge in [-0.2, -0.15) is 0 Å². The molecule has 0 saturated carbocycles. The average molecular weight is 213 g/mol. The SMILES string of the molecule is CCN(C)C(=O)N1CCN(C(C)C)CC1. The molecule has 1 aliphatic rings. The number of amides is 2. The summed E-state index contributed by atoms with van der Waals surface area (Å²) in [5, 5.41) is 0. The zero-order chi connectivity index (χ0) is 11.4. The van der Waals surface area contributed by atoms with Crippen molar-refractivity contribution in [1.82, 2.24) is 14.7 Å². The molecule has 0 aromatic heterocycles. The van der Waals surface area contributed by atoms with E-state index in [4.69, 9.17) is 0 Å². The molecule has 0 spiro atoms. The van der Waals surface area contributed by atoms with Crippen LogP contribution in [0.2, 0.25) is 0 Å². The molecule has 4 heteroatoms. The predicted octanol–water partition coefficient (Wildman–Crippen LogP) is 1.08. The zero-order valence-corrected chi connectivity index (χ0v) is 10.4. The molecule has 4 nitrogen and oxygen atoms in total. The van der Waals surface area contributed by atoms with Gasteiger partial charge in [0.05, 0.1) is 0 Å². The molecule has 0 bridgehead atoms. The van der Waals surface area contributed by atoms with Crippen molar-refractivity contribution in [3.63, 3.8) is 0 Å². The molecular formula is C11H23N3O. The number of urea groups is 1. The van der Waals surface area contributed by atoms with Gasteiger partial charge in [-0.1, -0.05) is 0 Å². The fourth-order valence-electron chi connectivity index (χ4n) is 1.81. The second kappa shape index (κ2) is 5.35. The lowest BCUT2D eigenvalue weighted by molar-refractivity contribution is 0.104. The van der Waals surface area contributed by atoms with Crippen LogP contribution < -0.4 is 0 Å². The highest BCUT2D eigenvalue weighted by Gasteiger charge is 2.23. The van der Waals surface area contributed by atoms with Crippen molar-refractivity contribution in [2.24, 2.45) is 0 Å². The normalized spacial score (nSPS) is 18.3. The first-order chi connectivity index (χ1) is 7.06. The fourth-order valence-corrected chi connectivity index (χ4v) is 1.81. The van der Waals surface area contributed by atoms with Gasteiger partial charge in [-0.15, -0.1) is 0 Å². The molecule has 2 amide bonds. The minimum absolute atomic E-state index is 0.168. The molecule has 0 atom stereocenters. The molecule has 1 rings (SSSR count). The van der Waals surface area contributed by atoms with Gasteiger partial charge in [0, 0.05) is 45.8 Å². The zero-order valence-electron chi connectivity index (χ0n) is 10.4. The highest BCUT2D eigenvalue weighted by Crippen LogP contribution is 2.07. The second-order valence-corrected chi connectivity index (χ2v) is 4.41. The average Bonchev–Trinajstić information content (AvgIpc) is 2.27. The first kappa shape index (κ1) is 12.3. The fraction of sp³-hybridized carbons (Fsp3) is 0.909. The predicted molar refractivity (Wildman–Crippen MR) is 62.0 cm³/mol. The lowest BCUT2D eigenvalue weighted by Crippen LogP contribution is -2.53. The van der Waals surface area contributed by atoms with Crippen LogP contribution in [0, 0.1) is 0 Å². The molecular weight excluding hydrogens is 190 g/mol. The first-order valence-electron chi connectivity index (χ1n) is 5.80. The Balaban J connectivity index is 2.40. The summed E-state index contributed by atoms with van der Waals surface area (Å²) in [7, 11) is 1.86. The van der Waals surface area contributed by atoms with E-state index in [2.05, 4.69) is 18.7 Å². The molecule has 0 aromatic rings. The molecule has 0 N–H and O–H groups in total. The number of hydrogen-bond acceptors (Lipinski definition) is 2. The number of nitrogens with zero attached hydrogens (tertiary/aromatic N) is 3. The smallest absolute Gasteiger partial charge is 0.319 e. The molecule has 1 saturated heterocycles. The van der Waals surface area contributed by atoms with Crippen molar-refractivity contribution in [1.29, 1.82) is 0 Å². The lowest BCUT2D eigenvalue weighted by atomic mass is 10.2. The minimum Gasteiger partial charge on any atom is -0.328 e. The molecule has 88 valence electrons. The van der Waals surface area contributed by atoms with Crippen molar-refractivity contribution in [2.45, 2.75) is 26.8 Å². The van der Waals surface area contributed by atoms with E-state index in [1.54, 1.807) is 4.90 Å². The van der Waals surface area contributed by atoms with Gasteiger partial charge in [0.25, 0.3) is 0 Å². The Hall–Kier alpha value is -0.770. The van der Waals surface area contributed by atoms with Gasteiger partial charge in [-0.05, 0) is 20.8 Å². The number of carbonyl (C=O) groups is 1. The quantitative estimate of drug-likeness (QED) is 0.686. The molecule has 15 heavy (non-hydrogen) atoms. The van der Waals surface area contributed by atoms with Crippen LogP contribution in [0.3, 0.4) is 0 Å². The van der Waals surface area contributed by atoms with Crippen molar-refractivity contribution < 1.29 is 4.79 Å². The van der Waals surface area contributed by atoms with Crippen molar-refractivity contribution in [3.05, 3.63) is 0 Å². The third kappa shape index (κ3) is 3.09. The van der Waals surface area contributed by atoms with Crippen LogP contribution in [0.5, 0.6) is 0 Å². The van der Waals surface area contributed by atoms with E-state index >= 15 is 0 Å². The van der Waals surface area contributed by atoms with Gasteiger partial charge < -0.3 is 9.80 Å². The minimum atomic E-state index is 0.168. The standard InChI is InChI=1S/C11H23N3O/c1-5-12(4)11(15)14-8-6-13(7-9-14)10(2)3/h10H,5-9H2,1-4H3. The summed E-state index contributed by atoms with van der Waals surface area (Å²) in [6.07, 6.45) is 0. The van der Waals surface area contributed by atoms with E-state index in [1.807, 2.05) is 18.9 Å². The first-order valence-corrected chi connectivity index (χ1v) is 5.80. The molecule has 0 unspecified atom stereocenters. The van der Waals surface area contributed by atoms with Crippen molar-refractivity contribution >= 4 is 6.03 Å². The summed E-state index contributed by atoms with van der Waals surface area (Å²) in [5.74, 6) is 0. The monoisotopic (exact) mass is 213 g/mol. The number of carbonyl (C=O) groups excluding carboxylic acids is 1. The molecule has 1 heterocycles. The van der Waals surface area contributed by atoms with E-state index in [-0.39, 0.29) is 6.03 Å². The molecule has 0 radical (unpaired) electrons. The summed E-state index contributed by atoms with van der Waals surface area (Å²) in [6.45, 7) is 10.9. The van der Waals surface area contributed by atoms with Crippen LogP contribution in [-0.4, -0.2) is 66.5 Å². The van der Waals surface area contributed by atoms with E-state index in [9.17, 15) is 4.79 Å². The largest absolute Gasteiger partial charge is 0.328 e. The maximum Gasteiger partial charge on any atom is 0.319 e. The number of piperazine rings is 1. The molecule has 0 aromatic carbocycles. The van der Waals surface area contributed by atoms with E-state index < -0.39 is 0 Å². The van der Waals surface area contributed by atoms with Gasteiger partial charge in [0.1, 0.15) is 0 Å². The topological polar surface area (TPSA) is 26.8 Å². The van der Waals surface area contributed by atoms with Gasteiger partial charge >= 0.3 is 6.03 Å². The van der Waals surface area contributed by atoms with Gasteiger partial charge in [-0.25, -0.2) is 4.79 Å². The Labute approximate surface area is 92.8 Å². The Morgan fingerprint density at radius 2 is 1.80 bits per heavy atom. The highest BCUT2D eigenvalue weighted by atomic mass is 16.2. The Morgan fingerprint density at radius 3 is 2.20 bits per heavy atom. The van der Waals surface area contributed by atoms with Crippen molar-refractivity contribution in [2.75, 3.05) is 39.8 Å². The van der Waals surface area contributed by atoms with E-state index in [0.717, 1.165) is 32.7 Å². The van der Waals surface area contributed by atoms with E-state index in [0.29, 0.717) is 6.04 Å². The van der Waals surface area contributed by atoms with Gasteiger partial charge in [-0.3, -0.25) is 4.90 Å². The Kier molecular flexibility index (Phi) is 4.39. The summed E-state index contributed by atoms with van der Waals surface area (Å²) in [5.41, 5.74) is 0. The second-order valence-electron chi connectivity index (χ2n) is 4.41. The summed E-state index contributed by atoms with van der Waals surface area (Å²) < 4.78 is 0. The lowest BCUT2D eigenvalue weighted by Gasteiger charge is -2.38. The maximum atomic E-state index is 11.8. The summed E-state index contributed by atoms with van der Waals surface area (Å²) in [6, 6.07) is 0.757. The summed E-state index contributed by atoms with van der Waals surface area (Å²) in [4.78, 5) is 18.0. The third-order valence-corrected chi connectivity index (χ3v) is 3.12. The highest BCUT2D eigenvalue weighted by molar-refractivity contribution is 5.74. The van der Waals surface area contributed by atoms with Crippen molar-refractivity contribution in [3.8, 4) is 0 Å². The Bertz CT molecular complexity index is 210. The van der Waals surface area contributed by atoms with Gasteiger partial charge in [0.15, 0.2) is 0 Å². The van der Waals surface area contributed by atoms with Crippen LogP contribution in [0.15, 0.2) is 0 Å². The Morgan fingerprint density at radius 1 is 1.27 bits per heavy atom. The van der Waals surface area contributed by atoms with Crippen LogP contribution >= 0.6 is 0 Å². The van der Waals surface area contributed by atoms with Crippen LogP contribution in [0.4, 0.5) is 4.79 Å². The van der Waals surface area contributed by atoms with Crippen LogP contribution in [0.25, 0.3) is 0 Å². The van der Waals surface area contributed by atoms with E-state index in [1.165, 1.54) is 0 Å². The summed E-state index contributed by atoms with van der Waals surface area (Å²) >= 11 is 0. The number of rotatable bonds is 2. The van der Waals surface area contributed by atoms with Crippen LogP contribution in [0.1, 0.15) is 20.8 Å². The molecule has 1 fully saturated rings. The maximum absolute atomic E-state index is 11.8. The third-order valence-electron chi connectivity index (χ3n) is 3.12. The number of hydrogen-bond donors (Lipinski definition) is 0. The molecule has 0 aliphatic carbocycles. The van der Waals surface area contributed by atoms with Gasteiger partial charge in [0.2, 0.25) is 0 Å². The van der Waals surface area contributed by atoms with Crippen LogP contribution in [-0.2, 0) is 0 Å². The molecule has 1 aliphatic heterocycles.